The number of carbonyl (C=O) groups is 1. The molecule has 1 atom stereocenters. The smallest absolute Gasteiger partial charge is 0.222 e. The number of rotatable bonds is 11. The van der Waals surface area contributed by atoms with Crippen LogP contribution in [0.5, 0.6) is 5.75 Å². The van der Waals surface area contributed by atoms with Crippen LogP contribution in [0.25, 0.3) is 0 Å². The van der Waals surface area contributed by atoms with E-state index in [0.29, 0.717) is 19.6 Å². The van der Waals surface area contributed by atoms with Gasteiger partial charge in [0.15, 0.2) is 0 Å². The number of likely N-dealkylation sites (tertiary alicyclic amines) is 1. The second kappa shape index (κ2) is 11.5. The lowest BCUT2D eigenvalue weighted by Crippen LogP contribution is -2.49. The van der Waals surface area contributed by atoms with E-state index < -0.39 is 6.10 Å². The van der Waals surface area contributed by atoms with Gasteiger partial charge in [0, 0.05) is 65.3 Å². The lowest BCUT2D eigenvalue weighted by atomic mass is 10.2. The Morgan fingerprint density at radius 3 is 2.69 bits per heavy atom. The standard InChI is InChI=1S/C22H36N4O3/c1-2-24-11-13-25(14-12-24)17-20(27)18-29-21-6-3-5-19(15-21)16-23-8-10-26-9-4-7-22(26)28/h3,5-6,15,20,23,27H,2,4,7-14,16-18H2,1H3. The summed E-state index contributed by atoms with van der Waals surface area (Å²) in [6, 6.07) is 7.98. The van der Waals surface area contributed by atoms with Crippen molar-refractivity contribution in [3.8, 4) is 5.75 Å². The number of hydrogen-bond acceptors (Lipinski definition) is 6. The molecule has 0 radical (unpaired) electrons. The van der Waals surface area contributed by atoms with Crippen LogP contribution >= 0.6 is 0 Å². The van der Waals surface area contributed by atoms with Gasteiger partial charge in [-0.1, -0.05) is 19.1 Å². The average molecular weight is 405 g/mol. The van der Waals surface area contributed by atoms with Crippen LogP contribution < -0.4 is 10.1 Å². The molecule has 0 bridgehead atoms. The largest absolute Gasteiger partial charge is 0.491 e. The van der Waals surface area contributed by atoms with Crippen LogP contribution in [0.3, 0.4) is 0 Å². The van der Waals surface area contributed by atoms with Gasteiger partial charge in [0.25, 0.3) is 0 Å². The van der Waals surface area contributed by atoms with Gasteiger partial charge < -0.3 is 25.0 Å². The minimum absolute atomic E-state index is 0.271. The Bertz CT molecular complexity index is 634. The number of nitrogens with one attached hydrogen (secondary N) is 1. The van der Waals surface area contributed by atoms with Gasteiger partial charge in [-0.15, -0.1) is 0 Å². The topological polar surface area (TPSA) is 68.3 Å². The van der Waals surface area contributed by atoms with E-state index in [4.69, 9.17) is 4.74 Å². The van der Waals surface area contributed by atoms with Crippen LogP contribution in [-0.4, -0.2) is 97.3 Å². The molecule has 7 heteroatoms. The maximum absolute atomic E-state index is 11.6. The highest BCUT2D eigenvalue weighted by atomic mass is 16.5. The number of nitrogens with zero attached hydrogens (tertiary/aromatic N) is 3. The fourth-order valence-corrected chi connectivity index (χ4v) is 3.96. The summed E-state index contributed by atoms with van der Waals surface area (Å²) in [5.41, 5.74) is 1.14. The maximum atomic E-state index is 11.6. The van der Waals surface area contributed by atoms with Crippen molar-refractivity contribution in [2.75, 3.05) is 65.5 Å². The Hall–Kier alpha value is -1.67. The number of hydrogen-bond donors (Lipinski definition) is 2. The van der Waals surface area contributed by atoms with Crippen molar-refractivity contribution in [1.29, 1.82) is 0 Å². The summed E-state index contributed by atoms with van der Waals surface area (Å²) in [5.74, 6) is 1.06. The number of carbonyl (C=O) groups excluding carboxylic acids is 1. The molecule has 2 aliphatic heterocycles. The van der Waals surface area contributed by atoms with E-state index in [1.807, 2.05) is 23.1 Å². The van der Waals surface area contributed by atoms with E-state index in [0.717, 1.165) is 76.6 Å². The van der Waals surface area contributed by atoms with E-state index in [2.05, 4.69) is 28.1 Å². The van der Waals surface area contributed by atoms with Gasteiger partial charge in [-0.2, -0.15) is 0 Å². The van der Waals surface area contributed by atoms with E-state index in [-0.39, 0.29) is 5.91 Å². The first-order chi connectivity index (χ1) is 14.1. The van der Waals surface area contributed by atoms with Gasteiger partial charge in [-0.25, -0.2) is 0 Å². The first-order valence-corrected chi connectivity index (χ1v) is 11.0. The molecule has 7 nitrogen and oxygen atoms in total. The predicted molar refractivity (Wildman–Crippen MR) is 114 cm³/mol. The molecule has 3 rings (SSSR count). The van der Waals surface area contributed by atoms with Crippen LogP contribution in [-0.2, 0) is 11.3 Å². The van der Waals surface area contributed by atoms with Gasteiger partial charge >= 0.3 is 0 Å². The molecule has 0 aliphatic carbocycles. The first-order valence-electron chi connectivity index (χ1n) is 11.0. The van der Waals surface area contributed by atoms with Crippen molar-refractivity contribution >= 4 is 5.91 Å². The van der Waals surface area contributed by atoms with E-state index in [1.54, 1.807) is 0 Å². The summed E-state index contributed by atoms with van der Waals surface area (Å²) in [6.07, 6.45) is 1.20. The number of β-amino-alcohol motifs (C(OH)–C–C–N with tert-alkyl or cyclic N) is 1. The third-order valence-corrected chi connectivity index (χ3v) is 5.78. The van der Waals surface area contributed by atoms with Gasteiger partial charge in [0.05, 0.1) is 0 Å². The zero-order chi connectivity index (χ0) is 20.5. The normalized spacial score (nSPS) is 19.7. The molecular weight excluding hydrogens is 368 g/mol. The lowest BCUT2D eigenvalue weighted by Gasteiger charge is -2.34. The summed E-state index contributed by atoms with van der Waals surface area (Å²) in [6.45, 7) is 11.6. The zero-order valence-electron chi connectivity index (χ0n) is 17.7. The highest BCUT2D eigenvalue weighted by Crippen LogP contribution is 2.14. The van der Waals surface area contributed by atoms with Crippen molar-refractivity contribution in [2.24, 2.45) is 0 Å². The Balaban J connectivity index is 1.33. The van der Waals surface area contributed by atoms with Crippen molar-refractivity contribution in [2.45, 2.75) is 32.4 Å². The quantitative estimate of drug-likeness (QED) is 0.531. The van der Waals surface area contributed by atoms with Crippen LogP contribution in [0, 0.1) is 0 Å². The van der Waals surface area contributed by atoms with Crippen LogP contribution in [0.1, 0.15) is 25.3 Å². The molecule has 1 amide bonds. The molecule has 2 N–H and O–H groups in total. The number of aliphatic hydroxyl groups excluding tert-OH is 1. The number of benzene rings is 1. The van der Waals surface area contributed by atoms with E-state index in [9.17, 15) is 9.90 Å². The third-order valence-electron chi connectivity index (χ3n) is 5.78. The third kappa shape index (κ3) is 7.26. The molecule has 29 heavy (non-hydrogen) atoms. The minimum atomic E-state index is -0.483. The Morgan fingerprint density at radius 2 is 1.97 bits per heavy atom. The SMILES string of the molecule is CCN1CCN(CC(O)COc2cccc(CNCCN3CCCC3=O)c2)CC1. The van der Waals surface area contributed by atoms with Gasteiger partial charge in [-0.05, 0) is 30.7 Å². The molecule has 0 spiro atoms. The summed E-state index contributed by atoms with van der Waals surface area (Å²) in [5, 5.41) is 13.7. The summed E-state index contributed by atoms with van der Waals surface area (Å²) < 4.78 is 5.83. The highest BCUT2D eigenvalue weighted by molar-refractivity contribution is 5.78. The molecular formula is C22H36N4O3. The Labute approximate surface area is 174 Å². The van der Waals surface area contributed by atoms with Crippen molar-refractivity contribution in [3.63, 3.8) is 0 Å². The molecule has 0 saturated carbocycles. The summed E-state index contributed by atoms with van der Waals surface area (Å²) in [7, 11) is 0. The molecule has 2 heterocycles. The molecule has 162 valence electrons. The molecule has 1 aromatic rings. The van der Waals surface area contributed by atoms with Crippen molar-refractivity contribution in [1.82, 2.24) is 20.0 Å². The summed E-state index contributed by atoms with van der Waals surface area (Å²) >= 11 is 0. The minimum Gasteiger partial charge on any atom is -0.491 e. The predicted octanol–water partition coefficient (Wildman–Crippen LogP) is 0.776. The van der Waals surface area contributed by atoms with Crippen LogP contribution in [0.2, 0.25) is 0 Å². The van der Waals surface area contributed by atoms with E-state index in [1.165, 1.54) is 0 Å². The van der Waals surface area contributed by atoms with Gasteiger partial charge in [0.1, 0.15) is 18.5 Å². The molecule has 1 unspecified atom stereocenters. The number of ether oxygens (including phenoxy) is 1. The number of likely N-dealkylation sites (N-methyl/N-ethyl adjacent to an activating group) is 1. The van der Waals surface area contributed by atoms with Crippen LogP contribution in [0.15, 0.2) is 24.3 Å². The highest BCUT2D eigenvalue weighted by Gasteiger charge is 2.19. The average Bonchev–Trinajstić information content (AvgIpc) is 3.15. The molecule has 2 fully saturated rings. The van der Waals surface area contributed by atoms with Crippen molar-refractivity contribution in [3.05, 3.63) is 29.8 Å². The fourth-order valence-electron chi connectivity index (χ4n) is 3.96. The Kier molecular flexibility index (Phi) is 8.73. The van der Waals surface area contributed by atoms with E-state index >= 15 is 0 Å². The fraction of sp³-hybridized carbons (Fsp3) is 0.682. The number of piperazine rings is 1. The maximum Gasteiger partial charge on any atom is 0.222 e. The first kappa shape index (κ1) is 22.0. The lowest BCUT2D eigenvalue weighted by molar-refractivity contribution is -0.127. The second-order valence-corrected chi connectivity index (χ2v) is 8.01. The van der Waals surface area contributed by atoms with Crippen LogP contribution in [0.4, 0.5) is 0 Å². The number of aliphatic hydroxyl groups is 1. The molecule has 2 aliphatic rings. The monoisotopic (exact) mass is 404 g/mol. The van der Waals surface area contributed by atoms with Crippen molar-refractivity contribution < 1.29 is 14.6 Å². The van der Waals surface area contributed by atoms with Gasteiger partial charge in [-0.3, -0.25) is 9.69 Å². The molecule has 1 aromatic carbocycles. The van der Waals surface area contributed by atoms with Gasteiger partial charge in [0.2, 0.25) is 5.91 Å². The molecule has 0 aromatic heterocycles. The second-order valence-electron chi connectivity index (χ2n) is 8.01. The molecule has 2 saturated heterocycles. The Morgan fingerprint density at radius 1 is 1.17 bits per heavy atom. The zero-order valence-corrected chi connectivity index (χ0v) is 17.7. The summed E-state index contributed by atoms with van der Waals surface area (Å²) in [4.78, 5) is 18.3. The number of amides is 1.